The maximum atomic E-state index is 13.3. The summed E-state index contributed by atoms with van der Waals surface area (Å²) < 4.78 is 13.3. The van der Waals surface area contributed by atoms with Gasteiger partial charge in [-0.3, -0.25) is 4.98 Å². The summed E-state index contributed by atoms with van der Waals surface area (Å²) in [5.41, 5.74) is 8.62. The Labute approximate surface area is 85.2 Å². The van der Waals surface area contributed by atoms with E-state index < -0.39 is 0 Å². The first-order valence-corrected chi connectivity index (χ1v) is 5.07. The minimum Gasteiger partial charge on any atom is -0.326 e. The zero-order chi connectivity index (χ0) is 9.97. The molecule has 0 bridgehead atoms. The highest BCUT2D eigenvalue weighted by Crippen LogP contribution is 2.27. The molecule has 0 saturated heterocycles. The Morgan fingerprint density at radius 1 is 1.43 bits per heavy atom. The summed E-state index contributed by atoms with van der Waals surface area (Å²) >= 11 is 1.48. The predicted molar refractivity (Wildman–Crippen MR) is 55.4 cm³/mol. The second-order valence-electron chi connectivity index (χ2n) is 2.84. The zero-order valence-electron chi connectivity index (χ0n) is 7.40. The van der Waals surface area contributed by atoms with E-state index in [4.69, 9.17) is 5.73 Å². The fourth-order valence-electron chi connectivity index (χ4n) is 1.35. The number of nitrogens with zero attached hydrogens (tertiary/aromatic N) is 1. The molecule has 2 N–H and O–H groups in total. The maximum absolute atomic E-state index is 13.3. The summed E-state index contributed by atoms with van der Waals surface area (Å²) in [5, 5.41) is 0. The molecular formula is C10H9FN2S. The van der Waals surface area contributed by atoms with Gasteiger partial charge in [0.1, 0.15) is 5.82 Å². The monoisotopic (exact) mass is 208 g/mol. The van der Waals surface area contributed by atoms with E-state index in [2.05, 4.69) is 4.98 Å². The van der Waals surface area contributed by atoms with Gasteiger partial charge in [0, 0.05) is 23.9 Å². The number of thiazole rings is 1. The summed E-state index contributed by atoms with van der Waals surface area (Å²) in [4.78, 5) is 4.91. The van der Waals surface area contributed by atoms with Crippen molar-refractivity contribution >= 4 is 11.3 Å². The Balaban J connectivity index is 2.58. The number of hydrogen-bond acceptors (Lipinski definition) is 3. The molecule has 0 saturated carbocycles. The fourth-order valence-corrected chi connectivity index (χ4v) is 2.02. The van der Waals surface area contributed by atoms with Crippen molar-refractivity contribution in [2.75, 3.05) is 0 Å². The lowest BCUT2D eigenvalue weighted by Gasteiger charge is -2.05. The topological polar surface area (TPSA) is 38.9 Å². The van der Waals surface area contributed by atoms with Crippen molar-refractivity contribution in [2.24, 2.45) is 5.73 Å². The zero-order valence-corrected chi connectivity index (χ0v) is 8.22. The Morgan fingerprint density at radius 2 is 2.29 bits per heavy atom. The van der Waals surface area contributed by atoms with Crippen molar-refractivity contribution in [3.63, 3.8) is 0 Å². The quantitative estimate of drug-likeness (QED) is 0.823. The maximum Gasteiger partial charge on any atom is 0.128 e. The van der Waals surface area contributed by atoms with Crippen LogP contribution in [0.1, 0.15) is 5.56 Å². The highest BCUT2D eigenvalue weighted by Gasteiger charge is 2.09. The van der Waals surface area contributed by atoms with Gasteiger partial charge in [0.15, 0.2) is 0 Å². The molecule has 0 atom stereocenters. The number of aromatic nitrogens is 1. The number of rotatable bonds is 2. The highest BCUT2D eigenvalue weighted by molar-refractivity contribution is 7.13. The van der Waals surface area contributed by atoms with Crippen molar-refractivity contribution in [3.05, 3.63) is 41.3 Å². The molecule has 0 aliphatic rings. The summed E-state index contributed by atoms with van der Waals surface area (Å²) in [6.45, 7) is 0.208. The van der Waals surface area contributed by atoms with E-state index in [1.165, 1.54) is 17.4 Å². The molecule has 0 amide bonds. The average Bonchev–Trinajstić information content (AvgIpc) is 2.70. The van der Waals surface area contributed by atoms with Crippen molar-refractivity contribution in [1.29, 1.82) is 0 Å². The lowest BCUT2D eigenvalue weighted by atomic mass is 10.1. The van der Waals surface area contributed by atoms with Crippen LogP contribution in [-0.4, -0.2) is 4.98 Å². The molecule has 1 heterocycles. The van der Waals surface area contributed by atoms with Crippen LogP contribution in [0.5, 0.6) is 0 Å². The third kappa shape index (κ3) is 1.54. The second-order valence-corrected chi connectivity index (χ2v) is 3.72. The average molecular weight is 208 g/mol. The van der Waals surface area contributed by atoms with Gasteiger partial charge >= 0.3 is 0 Å². The minimum atomic E-state index is -0.251. The molecular weight excluding hydrogens is 199 g/mol. The number of nitrogens with two attached hydrogens (primary N) is 1. The van der Waals surface area contributed by atoms with E-state index in [0.717, 1.165) is 10.4 Å². The van der Waals surface area contributed by atoms with Crippen molar-refractivity contribution in [2.45, 2.75) is 6.54 Å². The van der Waals surface area contributed by atoms with Crippen molar-refractivity contribution in [3.8, 4) is 10.4 Å². The van der Waals surface area contributed by atoms with Crippen molar-refractivity contribution in [1.82, 2.24) is 4.98 Å². The van der Waals surface area contributed by atoms with Gasteiger partial charge in [0.25, 0.3) is 0 Å². The van der Waals surface area contributed by atoms with Crippen LogP contribution < -0.4 is 5.73 Å². The molecule has 14 heavy (non-hydrogen) atoms. The summed E-state index contributed by atoms with van der Waals surface area (Å²) in [6, 6.07) is 4.97. The molecule has 0 aliphatic carbocycles. The molecule has 0 fully saturated rings. The van der Waals surface area contributed by atoms with E-state index in [0.29, 0.717) is 5.56 Å². The minimum absolute atomic E-state index is 0.208. The summed E-state index contributed by atoms with van der Waals surface area (Å²) in [6.07, 6.45) is 1.72. The molecule has 72 valence electrons. The van der Waals surface area contributed by atoms with Crippen molar-refractivity contribution < 1.29 is 4.39 Å². The Hall–Kier alpha value is -1.26. The van der Waals surface area contributed by atoms with Gasteiger partial charge in [-0.25, -0.2) is 4.39 Å². The van der Waals surface area contributed by atoms with Gasteiger partial charge in [0.2, 0.25) is 0 Å². The first-order valence-electron chi connectivity index (χ1n) is 4.19. The van der Waals surface area contributed by atoms with Gasteiger partial charge in [-0.05, 0) is 6.07 Å². The second kappa shape index (κ2) is 3.86. The smallest absolute Gasteiger partial charge is 0.128 e. The normalized spacial score (nSPS) is 10.4. The summed E-state index contributed by atoms with van der Waals surface area (Å²) in [5.74, 6) is -0.251. The number of benzene rings is 1. The molecule has 4 heteroatoms. The highest BCUT2D eigenvalue weighted by atomic mass is 32.1. The van der Waals surface area contributed by atoms with Crippen LogP contribution in [0, 0.1) is 5.82 Å². The predicted octanol–water partition coefficient (Wildman–Crippen LogP) is 2.41. The molecule has 0 radical (unpaired) electrons. The van der Waals surface area contributed by atoms with Crippen LogP contribution in [0.2, 0.25) is 0 Å². The first-order chi connectivity index (χ1) is 6.83. The third-order valence-corrected chi connectivity index (χ3v) is 2.83. The Kier molecular flexibility index (Phi) is 2.56. The van der Waals surface area contributed by atoms with Gasteiger partial charge in [-0.15, -0.1) is 11.3 Å². The SMILES string of the molecule is NCc1c(F)cccc1-c1cncs1. The van der Waals surface area contributed by atoms with E-state index >= 15 is 0 Å². The molecule has 0 spiro atoms. The van der Waals surface area contributed by atoms with E-state index in [1.54, 1.807) is 17.8 Å². The molecule has 1 aromatic heterocycles. The van der Waals surface area contributed by atoms with Crippen LogP contribution in [0.15, 0.2) is 29.9 Å². The van der Waals surface area contributed by atoms with Crippen LogP contribution in [0.3, 0.4) is 0 Å². The summed E-state index contributed by atoms with van der Waals surface area (Å²) in [7, 11) is 0. The van der Waals surface area contributed by atoms with Gasteiger partial charge in [-0.2, -0.15) is 0 Å². The molecule has 2 aromatic rings. The molecule has 2 rings (SSSR count). The fraction of sp³-hybridized carbons (Fsp3) is 0.100. The standard InChI is InChI=1S/C10H9FN2S/c11-9-3-1-2-7(8(9)4-12)10-5-13-6-14-10/h1-3,5-6H,4,12H2. The van der Waals surface area contributed by atoms with Gasteiger partial charge in [0.05, 0.1) is 10.4 Å². The van der Waals surface area contributed by atoms with Gasteiger partial charge in [-0.1, -0.05) is 12.1 Å². The number of halogens is 1. The van der Waals surface area contributed by atoms with Crippen LogP contribution >= 0.6 is 11.3 Å². The number of hydrogen-bond donors (Lipinski definition) is 1. The van der Waals surface area contributed by atoms with E-state index in [1.807, 2.05) is 6.07 Å². The van der Waals surface area contributed by atoms with Gasteiger partial charge < -0.3 is 5.73 Å². The first kappa shape index (κ1) is 9.30. The lowest BCUT2D eigenvalue weighted by Crippen LogP contribution is -2.01. The lowest BCUT2D eigenvalue weighted by molar-refractivity contribution is 0.611. The molecule has 0 unspecified atom stereocenters. The van der Waals surface area contributed by atoms with E-state index in [-0.39, 0.29) is 12.4 Å². The third-order valence-electron chi connectivity index (χ3n) is 2.02. The largest absolute Gasteiger partial charge is 0.326 e. The Morgan fingerprint density at radius 3 is 2.93 bits per heavy atom. The molecule has 2 nitrogen and oxygen atoms in total. The molecule has 1 aromatic carbocycles. The Bertz CT molecular complexity index is 426. The van der Waals surface area contributed by atoms with Crippen LogP contribution in [0.4, 0.5) is 4.39 Å². The van der Waals surface area contributed by atoms with Crippen LogP contribution in [0.25, 0.3) is 10.4 Å². The molecule has 0 aliphatic heterocycles. The van der Waals surface area contributed by atoms with Crippen LogP contribution in [-0.2, 0) is 6.54 Å². The van der Waals surface area contributed by atoms with E-state index in [9.17, 15) is 4.39 Å².